The van der Waals surface area contributed by atoms with Crippen molar-refractivity contribution in [1.82, 2.24) is 0 Å². The maximum atomic E-state index is 5.05. The minimum atomic E-state index is 0.688. The van der Waals surface area contributed by atoms with Crippen molar-refractivity contribution in [3.63, 3.8) is 0 Å². The Balaban J connectivity index is 0. The fraction of sp³-hybridized carbons (Fsp3) is 1.00. The molecule has 0 aliphatic heterocycles. The lowest BCUT2D eigenvalue weighted by atomic mass is 10.7. The summed E-state index contributed by atoms with van der Waals surface area (Å²) < 4.78 is 9.80. The molecule has 0 bridgehead atoms. The topological polar surface area (TPSA) is 18.5 Å². The lowest BCUT2D eigenvalue weighted by molar-refractivity contribution is 0.0793. The third-order valence-electron chi connectivity index (χ3n) is 0.653. The van der Waals surface area contributed by atoms with Crippen LogP contribution in [0, 0.1) is 0 Å². The molecule has 0 N–H and O–H groups in total. The summed E-state index contributed by atoms with van der Waals surface area (Å²) in [5.41, 5.74) is 0. The van der Waals surface area contributed by atoms with Gasteiger partial charge in [0.25, 0.3) is 0 Å². The van der Waals surface area contributed by atoms with Gasteiger partial charge in [-0.3, -0.25) is 0 Å². The summed E-state index contributed by atoms with van der Waals surface area (Å²) in [6, 6.07) is 0. The number of hydrogen-bond acceptors (Lipinski definition) is 2. The Labute approximate surface area is 84.9 Å². The van der Waals surface area contributed by atoms with Crippen molar-refractivity contribution in [3.05, 3.63) is 0 Å². The van der Waals surface area contributed by atoms with Crippen molar-refractivity contribution in [2.45, 2.75) is 0 Å². The first-order valence-corrected chi connectivity index (χ1v) is 6.20. The van der Waals surface area contributed by atoms with Gasteiger partial charge in [-0.1, -0.05) is 38.5 Å². The Bertz CT molecular complexity index is 40.7. The van der Waals surface area contributed by atoms with Gasteiger partial charge in [-0.05, 0) is 4.93 Å². The second kappa shape index (κ2) is 16.6. The molecule has 0 heterocycles. The highest BCUT2D eigenvalue weighted by Gasteiger charge is 1.82. The van der Waals surface area contributed by atoms with E-state index in [9.17, 15) is 0 Å². The number of hydrogen-bond donors (Lipinski definition) is 0. The molecular weight excluding hydrogens is 311 g/mol. The van der Waals surface area contributed by atoms with Crippen molar-refractivity contribution in [2.75, 3.05) is 37.2 Å². The molecule has 0 aliphatic carbocycles. The van der Waals surface area contributed by atoms with Crippen LogP contribution in [-0.4, -0.2) is 37.2 Å². The van der Waals surface area contributed by atoms with Gasteiger partial charge in [0.2, 0.25) is 0 Å². The van der Waals surface area contributed by atoms with E-state index in [4.69, 9.17) is 9.47 Å². The SMILES string of the molecule is CI.COCCOCCBr. The molecule has 2 nitrogen and oxygen atoms in total. The fourth-order valence-electron chi connectivity index (χ4n) is 0.299. The van der Waals surface area contributed by atoms with Gasteiger partial charge in [0.15, 0.2) is 0 Å². The lowest BCUT2D eigenvalue weighted by Crippen LogP contribution is -2.02. The van der Waals surface area contributed by atoms with Crippen molar-refractivity contribution in [2.24, 2.45) is 0 Å². The van der Waals surface area contributed by atoms with Crippen LogP contribution < -0.4 is 0 Å². The van der Waals surface area contributed by atoms with Crippen molar-refractivity contribution in [1.29, 1.82) is 0 Å². The quantitative estimate of drug-likeness (QED) is 0.438. The van der Waals surface area contributed by atoms with E-state index in [0.29, 0.717) is 13.2 Å². The highest BCUT2D eigenvalue weighted by atomic mass is 127. The van der Waals surface area contributed by atoms with Gasteiger partial charge >= 0.3 is 0 Å². The molecule has 0 unspecified atom stereocenters. The fourth-order valence-corrected chi connectivity index (χ4v) is 0.528. The third kappa shape index (κ3) is 16.1. The van der Waals surface area contributed by atoms with E-state index in [2.05, 4.69) is 38.5 Å². The molecule has 0 atom stereocenters. The predicted molar refractivity (Wildman–Crippen MR) is 56.4 cm³/mol. The summed E-state index contributed by atoms with van der Waals surface area (Å²) in [7, 11) is 1.66. The molecule has 0 fully saturated rings. The highest BCUT2D eigenvalue weighted by molar-refractivity contribution is 14.1. The molecule has 0 rings (SSSR count). The first-order chi connectivity index (χ1) is 4.91. The summed E-state index contributed by atoms with van der Waals surface area (Å²) in [6.07, 6.45) is 0. The van der Waals surface area contributed by atoms with Crippen LogP contribution >= 0.6 is 38.5 Å². The zero-order chi connectivity index (χ0) is 8.24. The largest absolute Gasteiger partial charge is 0.382 e. The van der Waals surface area contributed by atoms with Gasteiger partial charge in [0, 0.05) is 12.4 Å². The van der Waals surface area contributed by atoms with Gasteiger partial charge in [-0.25, -0.2) is 0 Å². The van der Waals surface area contributed by atoms with E-state index in [-0.39, 0.29) is 0 Å². The van der Waals surface area contributed by atoms with E-state index in [1.54, 1.807) is 7.11 Å². The number of halogens is 2. The van der Waals surface area contributed by atoms with Gasteiger partial charge in [-0.2, -0.15) is 0 Å². The average molecular weight is 325 g/mol. The maximum absolute atomic E-state index is 5.05. The van der Waals surface area contributed by atoms with Crippen LogP contribution in [0.1, 0.15) is 0 Å². The van der Waals surface area contributed by atoms with Crippen LogP contribution in [0.2, 0.25) is 0 Å². The zero-order valence-electron chi connectivity index (χ0n) is 6.40. The molecule has 0 aliphatic rings. The Hall–Kier alpha value is 1.13. The first-order valence-electron chi connectivity index (χ1n) is 2.92. The molecule has 0 saturated heterocycles. The summed E-state index contributed by atoms with van der Waals surface area (Å²) >= 11 is 5.39. The summed E-state index contributed by atoms with van der Waals surface area (Å²) in [5, 5.41) is 0.900. The van der Waals surface area contributed by atoms with Crippen molar-refractivity contribution < 1.29 is 9.47 Å². The summed E-state index contributed by atoms with van der Waals surface area (Å²) in [5.74, 6) is 0. The minimum absolute atomic E-state index is 0.688. The zero-order valence-corrected chi connectivity index (χ0v) is 10.1. The van der Waals surface area contributed by atoms with Crippen LogP contribution in [0.4, 0.5) is 0 Å². The Morgan fingerprint density at radius 2 is 1.80 bits per heavy atom. The number of ether oxygens (including phenoxy) is 2. The summed E-state index contributed by atoms with van der Waals surface area (Å²) in [6.45, 7) is 2.15. The Morgan fingerprint density at radius 3 is 2.20 bits per heavy atom. The lowest BCUT2D eigenvalue weighted by Gasteiger charge is -1.98. The molecule has 4 heteroatoms. The maximum Gasteiger partial charge on any atom is 0.0700 e. The van der Waals surface area contributed by atoms with E-state index >= 15 is 0 Å². The van der Waals surface area contributed by atoms with Crippen LogP contribution in [0.3, 0.4) is 0 Å². The average Bonchev–Trinajstić information content (AvgIpc) is 2.02. The first kappa shape index (κ1) is 13.7. The number of methoxy groups -OCH3 is 1. The normalized spacial score (nSPS) is 8.40. The van der Waals surface area contributed by atoms with E-state index in [0.717, 1.165) is 11.9 Å². The molecule has 0 aromatic heterocycles. The van der Waals surface area contributed by atoms with E-state index in [1.807, 2.05) is 4.93 Å². The molecule has 0 amide bonds. The standard InChI is InChI=1S/C5H11BrO2.CH3I/c1-7-4-5-8-3-2-6;1-2/h2-5H2,1H3;1H3. The van der Waals surface area contributed by atoms with Gasteiger partial charge in [0.1, 0.15) is 0 Å². The van der Waals surface area contributed by atoms with E-state index in [1.165, 1.54) is 0 Å². The van der Waals surface area contributed by atoms with Gasteiger partial charge < -0.3 is 9.47 Å². The number of alkyl halides is 2. The second-order valence-corrected chi connectivity index (χ2v) is 2.09. The molecule has 0 radical (unpaired) electrons. The Kier molecular flexibility index (Phi) is 22.8. The molecule has 10 heavy (non-hydrogen) atoms. The molecule has 64 valence electrons. The van der Waals surface area contributed by atoms with Crippen LogP contribution in [-0.2, 0) is 9.47 Å². The minimum Gasteiger partial charge on any atom is -0.382 e. The molecule has 0 spiro atoms. The van der Waals surface area contributed by atoms with Gasteiger partial charge in [0.05, 0.1) is 19.8 Å². The molecule has 0 aromatic carbocycles. The molecule has 0 aromatic rings. The second-order valence-electron chi connectivity index (χ2n) is 1.29. The predicted octanol–water partition coefficient (Wildman–Crippen LogP) is 2.10. The van der Waals surface area contributed by atoms with Crippen LogP contribution in [0.15, 0.2) is 0 Å². The smallest absolute Gasteiger partial charge is 0.0700 e. The van der Waals surface area contributed by atoms with Crippen LogP contribution in [0.5, 0.6) is 0 Å². The summed E-state index contributed by atoms with van der Waals surface area (Å²) in [4.78, 5) is 1.97. The van der Waals surface area contributed by atoms with Crippen molar-refractivity contribution >= 4 is 38.5 Å². The van der Waals surface area contributed by atoms with Crippen LogP contribution in [0.25, 0.3) is 0 Å². The number of rotatable bonds is 5. The highest BCUT2D eigenvalue weighted by Crippen LogP contribution is 1.80. The molecular formula is C6H14BrIO2. The Morgan fingerprint density at radius 1 is 1.20 bits per heavy atom. The monoisotopic (exact) mass is 324 g/mol. The third-order valence-corrected chi connectivity index (χ3v) is 0.977. The van der Waals surface area contributed by atoms with Gasteiger partial charge in [-0.15, -0.1) is 0 Å². The van der Waals surface area contributed by atoms with E-state index < -0.39 is 0 Å². The molecule has 0 saturated carbocycles. The van der Waals surface area contributed by atoms with Crippen molar-refractivity contribution in [3.8, 4) is 0 Å².